The lowest BCUT2D eigenvalue weighted by Gasteiger charge is -2.39. The van der Waals surface area contributed by atoms with Gasteiger partial charge >= 0.3 is 0 Å². The van der Waals surface area contributed by atoms with Crippen LogP contribution in [-0.4, -0.2) is 53.8 Å². The Hall–Kier alpha value is -3.35. The molecule has 0 saturated carbocycles. The predicted octanol–water partition coefficient (Wildman–Crippen LogP) is 3.00. The van der Waals surface area contributed by atoms with Crippen LogP contribution in [0.5, 0.6) is 11.5 Å². The largest absolute Gasteiger partial charge is 0.454 e. The smallest absolute Gasteiger partial charge is 0.264 e. The van der Waals surface area contributed by atoms with Crippen molar-refractivity contribution >= 4 is 5.91 Å². The van der Waals surface area contributed by atoms with Crippen molar-refractivity contribution in [3.8, 4) is 11.5 Å². The summed E-state index contributed by atoms with van der Waals surface area (Å²) in [5.74, 6) is 1.29. The molecule has 3 aromatic rings. The molecule has 1 N–H and O–H groups in total. The number of hydrogen-bond donors (Lipinski definition) is 1. The molecule has 6 nitrogen and oxygen atoms in total. The molecule has 0 spiro atoms. The monoisotopic (exact) mass is 430 g/mol. The van der Waals surface area contributed by atoms with Crippen LogP contribution in [0.3, 0.4) is 0 Å². The van der Waals surface area contributed by atoms with Gasteiger partial charge in [-0.2, -0.15) is 0 Å². The first-order valence-electron chi connectivity index (χ1n) is 10.9. The summed E-state index contributed by atoms with van der Waals surface area (Å²) < 4.78 is 10.9. The van der Waals surface area contributed by atoms with Crippen LogP contribution in [0.2, 0.25) is 0 Å². The number of piperazine rings is 1. The average molecular weight is 431 g/mol. The van der Waals surface area contributed by atoms with Gasteiger partial charge in [0.25, 0.3) is 5.91 Å². The molecule has 1 saturated heterocycles. The lowest BCUT2D eigenvalue weighted by molar-refractivity contribution is -0.150. The quantitative estimate of drug-likeness (QED) is 0.674. The maximum absolute atomic E-state index is 13.6. The molecule has 1 fully saturated rings. The fourth-order valence-corrected chi connectivity index (χ4v) is 4.41. The van der Waals surface area contributed by atoms with Crippen molar-refractivity contribution < 1.29 is 19.4 Å². The molecule has 0 bridgehead atoms. The van der Waals surface area contributed by atoms with E-state index >= 15 is 0 Å². The molecule has 164 valence electrons. The van der Waals surface area contributed by atoms with Crippen LogP contribution in [0, 0.1) is 0 Å². The molecule has 0 radical (unpaired) electrons. The number of hydrogen-bond acceptors (Lipinski definition) is 5. The van der Waals surface area contributed by atoms with Crippen molar-refractivity contribution in [3.63, 3.8) is 0 Å². The summed E-state index contributed by atoms with van der Waals surface area (Å²) in [4.78, 5) is 17.7. The van der Waals surface area contributed by atoms with E-state index in [0.717, 1.165) is 36.7 Å². The number of aliphatic hydroxyl groups is 1. The minimum Gasteiger partial charge on any atom is -0.454 e. The second-order valence-electron chi connectivity index (χ2n) is 8.20. The minimum absolute atomic E-state index is 0.269. The van der Waals surface area contributed by atoms with Crippen LogP contribution >= 0.6 is 0 Å². The van der Waals surface area contributed by atoms with E-state index in [0.29, 0.717) is 24.2 Å². The number of carbonyl (C=O) groups is 1. The molecule has 6 heteroatoms. The van der Waals surface area contributed by atoms with E-state index < -0.39 is 5.60 Å². The molecule has 0 aromatic heterocycles. The van der Waals surface area contributed by atoms with Crippen LogP contribution < -0.4 is 9.47 Å². The lowest BCUT2D eigenvalue weighted by atomic mass is 9.85. The summed E-state index contributed by atoms with van der Waals surface area (Å²) in [5.41, 5.74) is 0.610. The third-order valence-electron chi connectivity index (χ3n) is 6.20. The Morgan fingerprint density at radius 3 is 2.03 bits per heavy atom. The fourth-order valence-electron chi connectivity index (χ4n) is 4.41. The Bertz CT molecular complexity index is 1040. The molecule has 2 aliphatic rings. The van der Waals surface area contributed by atoms with Gasteiger partial charge < -0.3 is 19.5 Å². The van der Waals surface area contributed by atoms with E-state index in [-0.39, 0.29) is 12.7 Å². The van der Waals surface area contributed by atoms with Crippen molar-refractivity contribution in [2.24, 2.45) is 0 Å². The maximum atomic E-state index is 13.6. The van der Waals surface area contributed by atoms with Crippen LogP contribution in [-0.2, 0) is 16.9 Å². The first-order valence-corrected chi connectivity index (χ1v) is 10.9. The highest BCUT2D eigenvalue weighted by molar-refractivity contribution is 5.90. The van der Waals surface area contributed by atoms with Crippen molar-refractivity contribution in [2.45, 2.75) is 12.1 Å². The number of ether oxygens (including phenoxy) is 2. The Morgan fingerprint density at radius 2 is 1.41 bits per heavy atom. The van der Waals surface area contributed by atoms with E-state index in [2.05, 4.69) is 11.0 Å². The Labute approximate surface area is 187 Å². The van der Waals surface area contributed by atoms with Crippen molar-refractivity contribution in [1.29, 1.82) is 0 Å². The van der Waals surface area contributed by atoms with Crippen molar-refractivity contribution in [1.82, 2.24) is 9.80 Å². The molecule has 32 heavy (non-hydrogen) atoms. The van der Waals surface area contributed by atoms with Crippen LogP contribution in [0.25, 0.3) is 0 Å². The standard InChI is InChI=1S/C26H26N2O4/c29-25(26(30,21-7-3-1-4-8-21)22-9-5-2-6-10-22)28-15-13-27(14-16-28)18-20-11-12-23-24(17-20)32-19-31-23/h1-12,17,30H,13-16,18-19H2. The number of nitrogens with zero attached hydrogens (tertiary/aromatic N) is 2. The summed E-state index contributed by atoms with van der Waals surface area (Å²) in [6.45, 7) is 3.64. The highest BCUT2D eigenvalue weighted by atomic mass is 16.7. The number of carbonyl (C=O) groups excluding carboxylic acids is 1. The van der Waals surface area contributed by atoms with E-state index in [9.17, 15) is 9.90 Å². The third-order valence-corrected chi connectivity index (χ3v) is 6.20. The minimum atomic E-state index is -1.71. The van der Waals surface area contributed by atoms with E-state index in [1.54, 1.807) is 29.2 Å². The van der Waals surface area contributed by atoms with Crippen LogP contribution in [0.15, 0.2) is 78.9 Å². The zero-order valence-corrected chi connectivity index (χ0v) is 17.8. The zero-order valence-electron chi connectivity index (χ0n) is 17.8. The first kappa shape index (κ1) is 20.5. The van der Waals surface area contributed by atoms with Crippen LogP contribution in [0.4, 0.5) is 0 Å². The summed E-state index contributed by atoms with van der Waals surface area (Å²) >= 11 is 0. The van der Waals surface area contributed by atoms with E-state index in [4.69, 9.17) is 9.47 Å². The van der Waals surface area contributed by atoms with Gasteiger partial charge in [-0.3, -0.25) is 9.69 Å². The van der Waals surface area contributed by atoms with Crippen molar-refractivity contribution in [2.75, 3.05) is 33.0 Å². The van der Waals surface area contributed by atoms with Gasteiger partial charge in [-0.05, 0) is 28.8 Å². The fraction of sp³-hybridized carbons (Fsp3) is 0.269. The van der Waals surface area contributed by atoms with Gasteiger partial charge in [0.2, 0.25) is 6.79 Å². The molecule has 5 rings (SSSR count). The summed E-state index contributed by atoms with van der Waals surface area (Å²) in [5, 5.41) is 11.7. The predicted molar refractivity (Wildman–Crippen MR) is 120 cm³/mol. The van der Waals surface area contributed by atoms with Gasteiger partial charge in [-0.25, -0.2) is 0 Å². The molecule has 1 amide bonds. The first-order chi connectivity index (χ1) is 15.6. The van der Waals surface area contributed by atoms with Gasteiger partial charge in [-0.1, -0.05) is 66.7 Å². The number of benzene rings is 3. The van der Waals surface area contributed by atoms with E-state index in [1.807, 2.05) is 48.5 Å². The van der Waals surface area contributed by atoms with Crippen LogP contribution in [0.1, 0.15) is 16.7 Å². The highest BCUT2D eigenvalue weighted by Crippen LogP contribution is 2.34. The molecule has 2 aliphatic heterocycles. The Balaban J connectivity index is 1.30. The molecule has 2 heterocycles. The molecule has 3 aromatic carbocycles. The highest BCUT2D eigenvalue weighted by Gasteiger charge is 2.43. The molecule has 0 aliphatic carbocycles. The number of fused-ring (bicyclic) bond motifs is 1. The Morgan fingerprint density at radius 1 is 0.812 bits per heavy atom. The van der Waals surface area contributed by atoms with Gasteiger partial charge in [0.15, 0.2) is 17.1 Å². The third kappa shape index (κ3) is 3.83. The number of amides is 1. The molecule has 0 atom stereocenters. The van der Waals surface area contributed by atoms with E-state index in [1.165, 1.54) is 0 Å². The topological polar surface area (TPSA) is 62.2 Å². The molecular weight excluding hydrogens is 404 g/mol. The Kier molecular flexibility index (Phi) is 5.55. The average Bonchev–Trinajstić information content (AvgIpc) is 3.33. The SMILES string of the molecule is O=C(N1CCN(Cc2ccc3c(c2)OCO3)CC1)C(O)(c1ccccc1)c1ccccc1. The normalized spacial score (nSPS) is 16.2. The van der Waals surface area contributed by atoms with Gasteiger partial charge in [0, 0.05) is 32.7 Å². The summed E-state index contributed by atoms with van der Waals surface area (Å²) in [6.07, 6.45) is 0. The number of rotatable bonds is 5. The second kappa shape index (κ2) is 8.65. The zero-order chi connectivity index (χ0) is 22.0. The van der Waals surface area contributed by atoms with Gasteiger partial charge in [-0.15, -0.1) is 0 Å². The van der Waals surface area contributed by atoms with Gasteiger partial charge in [0.1, 0.15) is 0 Å². The second-order valence-corrected chi connectivity index (χ2v) is 8.20. The van der Waals surface area contributed by atoms with Crippen molar-refractivity contribution in [3.05, 3.63) is 95.6 Å². The summed E-state index contributed by atoms with van der Waals surface area (Å²) in [6, 6.07) is 24.4. The lowest BCUT2D eigenvalue weighted by Crippen LogP contribution is -2.54. The maximum Gasteiger partial charge on any atom is 0.264 e. The summed E-state index contributed by atoms with van der Waals surface area (Å²) in [7, 11) is 0. The molecular formula is C26H26N2O4. The van der Waals surface area contributed by atoms with Gasteiger partial charge in [0.05, 0.1) is 0 Å². The molecule has 0 unspecified atom stereocenters.